The molecule has 28 heavy (non-hydrogen) atoms. The lowest BCUT2D eigenvalue weighted by Gasteiger charge is -2.29. The zero-order chi connectivity index (χ0) is 20.9. The third kappa shape index (κ3) is 5.95. The van der Waals surface area contributed by atoms with Crippen molar-refractivity contribution in [3.8, 4) is 0 Å². The van der Waals surface area contributed by atoms with Gasteiger partial charge in [-0.1, -0.05) is 20.8 Å². The smallest absolute Gasteiger partial charge is 0.265 e. The highest BCUT2D eigenvalue weighted by Gasteiger charge is 2.26. The number of benzene rings is 1. The first-order chi connectivity index (χ1) is 13.1. The van der Waals surface area contributed by atoms with Gasteiger partial charge in [-0.2, -0.15) is 0 Å². The van der Waals surface area contributed by atoms with Gasteiger partial charge in [0, 0.05) is 30.9 Å². The normalized spacial score (nSPS) is 16.4. The van der Waals surface area contributed by atoms with E-state index in [9.17, 15) is 18.4 Å². The molecule has 0 bridgehead atoms. The Labute approximate surface area is 163 Å². The molecule has 2 rings (SSSR count). The largest absolute Gasteiger partial charge is 0.370 e. The SMILES string of the molecule is CC(C)(C)CN[C@@H](CN)C(=O)Nc1ccc(N2CCOCC2=O)c(C(F)F)c1. The van der Waals surface area contributed by atoms with Crippen molar-refractivity contribution >= 4 is 23.2 Å². The first-order valence-corrected chi connectivity index (χ1v) is 9.17. The van der Waals surface area contributed by atoms with E-state index in [0.29, 0.717) is 6.54 Å². The first-order valence-electron chi connectivity index (χ1n) is 9.17. The molecule has 0 saturated carbocycles. The van der Waals surface area contributed by atoms with Gasteiger partial charge in [-0.25, -0.2) is 8.78 Å². The van der Waals surface area contributed by atoms with Crippen molar-refractivity contribution in [2.75, 3.05) is 43.1 Å². The molecule has 1 aliphatic heterocycles. The third-order valence-electron chi connectivity index (χ3n) is 4.24. The number of amides is 2. The number of nitrogens with zero attached hydrogens (tertiary/aromatic N) is 1. The fourth-order valence-corrected chi connectivity index (χ4v) is 2.77. The number of hydrogen-bond acceptors (Lipinski definition) is 5. The highest BCUT2D eigenvalue weighted by molar-refractivity contribution is 5.97. The van der Waals surface area contributed by atoms with E-state index in [1.807, 2.05) is 20.8 Å². The average Bonchev–Trinajstić information content (AvgIpc) is 2.62. The molecule has 1 fully saturated rings. The number of hydrogen-bond donors (Lipinski definition) is 3. The van der Waals surface area contributed by atoms with E-state index < -0.39 is 18.4 Å². The van der Waals surface area contributed by atoms with Gasteiger partial charge in [0.2, 0.25) is 5.91 Å². The van der Waals surface area contributed by atoms with Gasteiger partial charge in [0.1, 0.15) is 6.61 Å². The Kier molecular flexibility index (Phi) is 7.45. The Bertz CT molecular complexity index is 707. The molecule has 0 aliphatic carbocycles. The Morgan fingerprint density at radius 2 is 2.07 bits per heavy atom. The maximum atomic E-state index is 13.6. The molecule has 0 spiro atoms. The van der Waals surface area contributed by atoms with Gasteiger partial charge >= 0.3 is 0 Å². The van der Waals surface area contributed by atoms with Gasteiger partial charge in [0.25, 0.3) is 12.3 Å². The zero-order valence-corrected chi connectivity index (χ0v) is 16.4. The Morgan fingerprint density at radius 1 is 1.36 bits per heavy atom. The first kappa shape index (κ1) is 22.2. The Balaban J connectivity index is 2.16. The minimum Gasteiger partial charge on any atom is -0.370 e. The molecule has 9 heteroatoms. The van der Waals surface area contributed by atoms with Crippen LogP contribution in [0.4, 0.5) is 20.2 Å². The predicted octanol–water partition coefficient (Wildman–Crippen LogP) is 1.89. The van der Waals surface area contributed by atoms with E-state index in [2.05, 4.69) is 10.6 Å². The zero-order valence-electron chi connectivity index (χ0n) is 16.4. The number of carbonyl (C=O) groups excluding carboxylic acids is 2. The molecular weight excluding hydrogens is 370 g/mol. The molecule has 1 aromatic carbocycles. The molecule has 4 N–H and O–H groups in total. The molecular formula is C19H28F2N4O3. The number of alkyl halides is 2. The van der Waals surface area contributed by atoms with Crippen LogP contribution in [0.1, 0.15) is 32.8 Å². The van der Waals surface area contributed by atoms with Crippen molar-refractivity contribution in [2.45, 2.75) is 33.2 Å². The number of carbonyl (C=O) groups is 2. The van der Waals surface area contributed by atoms with Crippen LogP contribution >= 0.6 is 0 Å². The summed E-state index contributed by atoms with van der Waals surface area (Å²) >= 11 is 0. The van der Waals surface area contributed by atoms with Crippen molar-refractivity contribution in [3.63, 3.8) is 0 Å². The average molecular weight is 398 g/mol. The molecule has 1 aromatic rings. The van der Waals surface area contributed by atoms with Crippen molar-refractivity contribution in [1.29, 1.82) is 0 Å². The number of rotatable bonds is 7. The molecule has 1 aliphatic rings. The van der Waals surface area contributed by atoms with Gasteiger partial charge < -0.3 is 26.0 Å². The summed E-state index contributed by atoms with van der Waals surface area (Å²) in [7, 11) is 0. The van der Waals surface area contributed by atoms with E-state index in [1.54, 1.807) is 0 Å². The standard InChI is InChI=1S/C19H28F2N4O3/c1-19(2,3)11-23-14(9-22)18(27)24-12-4-5-15(13(8-12)17(20)21)25-6-7-28-10-16(25)26/h4-5,8,14,17,23H,6-7,9-11,22H2,1-3H3,(H,24,27)/t14-/m0/s1. The van der Waals surface area contributed by atoms with Gasteiger partial charge in [-0.05, 0) is 23.6 Å². The summed E-state index contributed by atoms with van der Waals surface area (Å²) in [5.41, 5.74) is 5.66. The van der Waals surface area contributed by atoms with Crippen LogP contribution in [0.15, 0.2) is 18.2 Å². The van der Waals surface area contributed by atoms with Gasteiger partial charge in [-0.3, -0.25) is 9.59 Å². The second-order valence-electron chi connectivity index (χ2n) is 7.89. The van der Waals surface area contributed by atoms with Crippen LogP contribution < -0.4 is 21.3 Å². The molecule has 1 saturated heterocycles. The Morgan fingerprint density at radius 3 is 2.64 bits per heavy atom. The molecule has 2 amide bonds. The van der Waals surface area contributed by atoms with Gasteiger partial charge in [-0.15, -0.1) is 0 Å². The van der Waals surface area contributed by atoms with Crippen LogP contribution in [0.3, 0.4) is 0 Å². The highest BCUT2D eigenvalue weighted by Crippen LogP contribution is 2.33. The topological polar surface area (TPSA) is 96.7 Å². The van der Waals surface area contributed by atoms with E-state index in [-0.39, 0.29) is 54.6 Å². The van der Waals surface area contributed by atoms with E-state index in [1.165, 1.54) is 23.1 Å². The molecule has 0 aromatic heterocycles. The number of nitrogens with two attached hydrogens (primary N) is 1. The maximum absolute atomic E-state index is 13.6. The summed E-state index contributed by atoms with van der Waals surface area (Å²) in [4.78, 5) is 25.7. The molecule has 1 heterocycles. The van der Waals surface area contributed by atoms with Gasteiger partial charge in [0.05, 0.1) is 18.3 Å². The van der Waals surface area contributed by atoms with Crippen molar-refractivity contribution < 1.29 is 23.1 Å². The van der Waals surface area contributed by atoms with Crippen molar-refractivity contribution in [3.05, 3.63) is 23.8 Å². The summed E-state index contributed by atoms with van der Waals surface area (Å²) < 4.78 is 32.2. The van der Waals surface area contributed by atoms with Crippen LogP contribution in [0.5, 0.6) is 0 Å². The number of halogens is 2. The molecule has 156 valence electrons. The quantitative estimate of drug-likeness (QED) is 0.652. The molecule has 0 unspecified atom stereocenters. The van der Waals surface area contributed by atoms with E-state index >= 15 is 0 Å². The molecule has 0 radical (unpaired) electrons. The fraction of sp³-hybridized carbons (Fsp3) is 0.579. The van der Waals surface area contributed by atoms with Crippen LogP contribution in [0.25, 0.3) is 0 Å². The summed E-state index contributed by atoms with van der Waals surface area (Å²) in [6.07, 6.45) is -2.80. The molecule has 7 nitrogen and oxygen atoms in total. The number of morpholine rings is 1. The number of ether oxygens (including phenoxy) is 1. The lowest BCUT2D eigenvalue weighted by molar-refractivity contribution is -0.125. The highest BCUT2D eigenvalue weighted by atomic mass is 19.3. The summed E-state index contributed by atoms with van der Waals surface area (Å²) in [5.74, 6) is -0.776. The second-order valence-corrected chi connectivity index (χ2v) is 7.89. The van der Waals surface area contributed by atoms with Gasteiger partial charge in [0.15, 0.2) is 0 Å². The second kappa shape index (κ2) is 9.40. The molecule has 1 atom stereocenters. The van der Waals surface area contributed by atoms with Crippen LogP contribution in [0, 0.1) is 5.41 Å². The minimum atomic E-state index is -2.80. The fourth-order valence-electron chi connectivity index (χ4n) is 2.77. The van der Waals surface area contributed by atoms with E-state index in [4.69, 9.17) is 10.5 Å². The van der Waals surface area contributed by atoms with Crippen molar-refractivity contribution in [1.82, 2.24) is 5.32 Å². The summed E-state index contributed by atoms with van der Waals surface area (Å²) in [6.45, 7) is 7.05. The van der Waals surface area contributed by atoms with Crippen LogP contribution in [-0.2, 0) is 14.3 Å². The predicted molar refractivity (Wildman–Crippen MR) is 104 cm³/mol. The minimum absolute atomic E-state index is 0.0388. The lowest BCUT2D eigenvalue weighted by Crippen LogP contribution is -2.48. The van der Waals surface area contributed by atoms with E-state index in [0.717, 1.165) is 0 Å². The maximum Gasteiger partial charge on any atom is 0.265 e. The van der Waals surface area contributed by atoms with Crippen LogP contribution in [-0.4, -0.2) is 50.7 Å². The van der Waals surface area contributed by atoms with Crippen molar-refractivity contribution in [2.24, 2.45) is 11.1 Å². The summed E-state index contributed by atoms with van der Waals surface area (Å²) in [6, 6.07) is 3.46. The Hall–Kier alpha value is -2.10. The number of anilines is 2. The van der Waals surface area contributed by atoms with Crippen LogP contribution in [0.2, 0.25) is 0 Å². The lowest BCUT2D eigenvalue weighted by atomic mass is 9.96. The third-order valence-corrected chi connectivity index (χ3v) is 4.24. The monoisotopic (exact) mass is 398 g/mol. The summed E-state index contributed by atoms with van der Waals surface area (Å²) in [5, 5.41) is 5.71. The number of nitrogens with one attached hydrogen (secondary N) is 2.